The maximum Gasteiger partial charge on any atom is 0.245 e. The molecule has 0 saturated heterocycles. The summed E-state index contributed by atoms with van der Waals surface area (Å²) in [5.41, 5.74) is 10.3. The molecule has 3 fully saturated rings. The Morgan fingerprint density at radius 3 is 2.53 bits per heavy atom. The van der Waals surface area contributed by atoms with Gasteiger partial charge in [0.25, 0.3) is 0 Å². The molecule has 4 N–H and O–H groups in total. The van der Waals surface area contributed by atoms with Crippen LogP contribution in [0.25, 0.3) is 11.3 Å². The number of amides is 2. The van der Waals surface area contributed by atoms with Gasteiger partial charge in [-0.05, 0) is 107 Å². The summed E-state index contributed by atoms with van der Waals surface area (Å²) in [5.74, 6) is 1.73. The van der Waals surface area contributed by atoms with Gasteiger partial charge in [-0.1, -0.05) is 0 Å². The Kier molecular flexibility index (Phi) is 9.21. The second kappa shape index (κ2) is 13.3. The van der Waals surface area contributed by atoms with Gasteiger partial charge in [0, 0.05) is 52.9 Å². The Hall–Kier alpha value is -3.79. The van der Waals surface area contributed by atoms with E-state index in [1.807, 2.05) is 25.3 Å². The summed E-state index contributed by atoms with van der Waals surface area (Å²) in [6, 6.07) is 8.15. The minimum Gasteiger partial charge on any atom is -0.495 e. The van der Waals surface area contributed by atoms with Crippen LogP contribution in [0, 0.1) is 24.7 Å². The summed E-state index contributed by atoms with van der Waals surface area (Å²) in [5, 5.41) is 12.0. The quantitative estimate of drug-likeness (QED) is 0.274. The first kappa shape index (κ1) is 31.2. The predicted molar refractivity (Wildman–Crippen MR) is 168 cm³/mol. The van der Waals surface area contributed by atoms with Gasteiger partial charge in [-0.15, -0.1) is 0 Å². The number of aryl methyl sites for hydroxylation is 1. The summed E-state index contributed by atoms with van der Waals surface area (Å²) in [7, 11) is 1.67. The molecule has 3 atom stereocenters. The van der Waals surface area contributed by atoms with Gasteiger partial charge in [0.05, 0.1) is 12.8 Å². The van der Waals surface area contributed by atoms with Gasteiger partial charge in [-0.2, -0.15) is 0 Å². The van der Waals surface area contributed by atoms with Crippen LogP contribution in [0.5, 0.6) is 5.75 Å². The normalized spacial score (nSPS) is 26.7. The summed E-state index contributed by atoms with van der Waals surface area (Å²) in [6.45, 7) is 1.85. The highest BCUT2D eigenvalue weighted by Gasteiger charge is 2.50. The van der Waals surface area contributed by atoms with E-state index in [1.165, 1.54) is 0 Å². The maximum atomic E-state index is 13.3. The number of oxazole rings is 1. The molecule has 240 valence electrons. The number of primary amides is 1. The lowest BCUT2D eigenvalue weighted by atomic mass is 9.56. The van der Waals surface area contributed by atoms with Crippen molar-refractivity contribution in [3.05, 3.63) is 59.7 Å². The molecule has 3 heterocycles. The molecule has 0 spiro atoms. The van der Waals surface area contributed by atoms with Crippen LogP contribution in [-0.4, -0.2) is 52.1 Å². The van der Waals surface area contributed by atoms with Gasteiger partial charge >= 0.3 is 0 Å². The van der Waals surface area contributed by atoms with Gasteiger partial charge < -0.3 is 25.3 Å². The number of methoxy groups -OCH3 is 1. The predicted octanol–water partition coefficient (Wildman–Crippen LogP) is 4.94. The third-order valence-corrected chi connectivity index (χ3v) is 10.5. The summed E-state index contributed by atoms with van der Waals surface area (Å²) in [6.07, 6.45) is 12.8. The molecule has 0 radical (unpaired) electrons. The lowest BCUT2D eigenvalue weighted by Gasteiger charge is -2.47. The topological polar surface area (TPSA) is 153 Å². The van der Waals surface area contributed by atoms with Crippen LogP contribution in [0.1, 0.15) is 99.0 Å². The molecule has 0 bridgehead atoms. The molecule has 3 aliphatic rings. The molecule has 3 unspecified atom stereocenters. The van der Waals surface area contributed by atoms with Gasteiger partial charge in [0.15, 0.2) is 5.89 Å². The third kappa shape index (κ3) is 6.76. The number of carbonyl (C=O) groups is 2. The Morgan fingerprint density at radius 1 is 1.07 bits per heavy atom. The molecule has 10 nitrogen and oxygen atoms in total. The highest BCUT2D eigenvalue weighted by atomic mass is 16.5. The second-order valence-corrected chi connectivity index (χ2v) is 13.4. The second-order valence-electron chi connectivity index (χ2n) is 13.4. The Bertz CT molecular complexity index is 1510. The highest BCUT2D eigenvalue weighted by molar-refractivity contribution is 5.79. The van der Waals surface area contributed by atoms with Crippen molar-refractivity contribution in [1.82, 2.24) is 20.3 Å². The molecule has 3 aromatic rings. The highest BCUT2D eigenvalue weighted by Crippen LogP contribution is 2.52. The monoisotopic (exact) mass is 615 g/mol. The van der Waals surface area contributed by atoms with Gasteiger partial charge in [-0.25, -0.2) is 4.98 Å². The fourth-order valence-corrected chi connectivity index (χ4v) is 7.84. The zero-order chi connectivity index (χ0) is 31.6. The minimum atomic E-state index is -0.550. The van der Waals surface area contributed by atoms with Crippen LogP contribution in [0.2, 0.25) is 0 Å². The number of rotatable bonds is 11. The molecule has 2 amide bonds. The number of pyridine rings is 2. The van der Waals surface area contributed by atoms with E-state index >= 15 is 0 Å². The Morgan fingerprint density at radius 2 is 1.84 bits per heavy atom. The van der Waals surface area contributed by atoms with E-state index in [2.05, 4.69) is 17.4 Å². The van der Waals surface area contributed by atoms with Crippen LogP contribution in [0.15, 0.2) is 41.1 Å². The zero-order valence-corrected chi connectivity index (χ0v) is 26.3. The molecule has 3 aromatic heterocycles. The molecule has 6 rings (SSSR count). The number of nitrogens with zero attached hydrogens (tertiary/aromatic N) is 3. The fourth-order valence-electron chi connectivity index (χ4n) is 7.84. The van der Waals surface area contributed by atoms with Crippen molar-refractivity contribution in [2.75, 3.05) is 20.3 Å². The smallest absolute Gasteiger partial charge is 0.245 e. The largest absolute Gasteiger partial charge is 0.495 e. The minimum absolute atomic E-state index is 0.0890. The number of hydrogen-bond acceptors (Lipinski definition) is 8. The van der Waals surface area contributed by atoms with Crippen molar-refractivity contribution in [1.29, 1.82) is 0 Å². The van der Waals surface area contributed by atoms with Gasteiger partial charge in [0.2, 0.25) is 11.8 Å². The fraction of sp³-hybridized carbons (Fsp3) is 0.571. The SMILES string of the molecule is COc1ccc(C2CCC(CC3(c4cc(-c5coc(C6CC6)n5)ccn4)CCC(CNC(=O)CO)CC3C(N)=O)CC2)nc1C. The summed E-state index contributed by atoms with van der Waals surface area (Å²) >= 11 is 0. The average molecular weight is 616 g/mol. The molecule has 45 heavy (non-hydrogen) atoms. The number of carbonyl (C=O) groups excluding carboxylic acids is 2. The number of aromatic nitrogens is 3. The Balaban J connectivity index is 1.26. The van der Waals surface area contributed by atoms with Crippen molar-refractivity contribution < 1.29 is 23.8 Å². The third-order valence-electron chi connectivity index (χ3n) is 10.5. The molecule has 3 aliphatic carbocycles. The van der Waals surface area contributed by atoms with Crippen LogP contribution in [-0.2, 0) is 15.0 Å². The van der Waals surface area contributed by atoms with E-state index in [9.17, 15) is 14.7 Å². The maximum absolute atomic E-state index is 13.3. The number of hydrogen-bond donors (Lipinski definition) is 3. The van der Waals surface area contributed by atoms with E-state index < -0.39 is 23.8 Å². The van der Waals surface area contributed by atoms with E-state index in [1.54, 1.807) is 13.4 Å². The first-order valence-electron chi connectivity index (χ1n) is 16.4. The van der Waals surface area contributed by atoms with Crippen LogP contribution in [0.4, 0.5) is 0 Å². The Labute approximate surface area is 264 Å². The average Bonchev–Trinajstić information content (AvgIpc) is 3.80. The molecule has 10 heteroatoms. The van der Waals surface area contributed by atoms with Gasteiger partial charge in [-0.3, -0.25) is 19.6 Å². The zero-order valence-electron chi connectivity index (χ0n) is 26.3. The number of ether oxygens (including phenoxy) is 1. The van der Waals surface area contributed by atoms with E-state index in [0.717, 1.165) is 97.8 Å². The van der Waals surface area contributed by atoms with E-state index in [4.69, 9.17) is 29.8 Å². The number of aliphatic hydroxyl groups excluding tert-OH is 1. The van der Waals surface area contributed by atoms with E-state index in [0.29, 0.717) is 30.7 Å². The lowest BCUT2D eigenvalue weighted by molar-refractivity contribution is -0.127. The van der Waals surface area contributed by atoms with Crippen molar-refractivity contribution in [3.8, 4) is 17.0 Å². The standard InChI is InChI=1S/C35H45N5O5/c1-21-30(44-2)10-9-28(39-21)24-5-3-22(4-6-24)17-35(13-11-23(15-27(35)33(36)43)18-38-32(42)19-41)31-16-26(12-14-37-31)29-20-45-34(40-29)25-7-8-25/h9-10,12,14,16,20,22-25,27,41H,3-8,11,13,15,17-19H2,1-2H3,(H2,36,43)(H,38,42). The van der Waals surface area contributed by atoms with Crippen molar-refractivity contribution in [2.24, 2.45) is 23.5 Å². The first-order valence-corrected chi connectivity index (χ1v) is 16.4. The van der Waals surface area contributed by atoms with Crippen molar-refractivity contribution in [3.63, 3.8) is 0 Å². The van der Waals surface area contributed by atoms with Crippen LogP contribution in [0.3, 0.4) is 0 Å². The van der Waals surface area contributed by atoms with Gasteiger partial charge in [0.1, 0.15) is 24.3 Å². The number of nitrogens with one attached hydrogen (secondary N) is 1. The number of aliphatic hydroxyl groups is 1. The molecular weight excluding hydrogens is 570 g/mol. The molecular formula is C35H45N5O5. The lowest BCUT2D eigenvalue weighted by Crippen LogP contribution is -2.50. The first-order chi connectivity index (χ1) is 21.8. The number of nitrogens with two attached hydrogens (primary N) is 1. The van der Waals surface area contributed by atoms with Crippen LogP contribution >= 0.6 is 0 Å². The molecule has 0 aliphatic heterocycles. The molecule has 0 aromatic carbocycles. The van der Waals surface area contributed by atoms with E-state index in [-0.39, 0.29) is 11.8 Å². The van der Waals surface area contributed by atoms with Crippen LogP contribution < -0.4 is 15.8 Å². The van der Waals surface area contributed by atoms with Crippen molar-refractivity contribution >= 4 is 11.8 Å². The molecule has 3 saturated carbocycles. The van der Waals surface area contributed by atoms with Crippen molar-refractivity contribution in [2.45, 2.75) is 88.4 Å². The summed E-state index contributed by atoms with van der Waals surface area (Å²) < 4.78 is 11.2. The summed E-state index contributed by atoms with van der Waals surface area (Å²) in [4.78, 5) is 39.6.